The number of ether oxygens (including phenoxy) is 1. The summed E-state index contributed by atoms with van der Waals surface area (Å²) in [5, 5.41) is 0. The lowest BCUT2D eigenvalue weighted by atomic mass is 9.87. The van der Waals surface area contributed by atoms with Crippen LogP contribution in [0.5, 0.6) is 0 Å². The van der Waals surface area contributed by atoms with Gasteiger partial charge in [-0.15, -0.1) is 0 Å². The van der Waals surface area contributed by atoms with Crippen LogP contribution in [0.15, 0.2) is 23.1 Å². The number of hydrogen-bond donors (Lipinski definition) is 0. The van der Waals surface area contributed by atoms with Gasteiger partial charge in [-0.25, -0.2) is 12.8 Å². The van der Waals surface area contributed by atoms with Crippen molar-refractivity contribution in [2.24, 2.45) is 5.41 Å². The highest BCUT2D eigenvalue weighted by Gasteiger charge is 2.43. The molecule has 1 aromatic carbocycles. The number of hydrogen-bond acceptors (Lipinski definition) is 4. The van der Waals surface area contributed by atoms with E-state index < -0.39 is 20.7 Å². The van der Waals surface area contributed by atoms with E-state index in [2.05, 4.69) is 0 Å². The Morgan fingerprint density at radius 3 is 2.62 bits per heavy atom. The van der Waals surface area contributed by atoms with E-state index >= 15 is 0 Å². The van der Waals surface area contributed by atoms with Gasteiger partial charge in [0.25, 0.3) is 5.91 Å². The lowest BCUT2D eigenvalue weighted by Crippen LogP contribution is -2.33. The van der Waals surface area contributed by atoms with Crippen molar-refractivity contribution in [1.29, 1.82) is 0 Å². The molecule has 0 unspecified atom stereocenters. The van der Waals surface area contributed by atoms with Crippen molar-refractivity contribution in [3.63, 3.8) is 0 Å². The third-order valence-corrected chi connectivity index (χ3v) is 7.69. The van der Waals surface area contributed by atoms with E-state index in [1.807, 2.05) is 0 Å². The number of carbonyl (C=O) groups excluding carboxylic acids is 1. The van der Waals surface area contributed by atoms with Gasteiger partial charge in [-0.05, 0) is 43.9 Å². The van der Waals surface area contributed by atoms with Crippen LogP contribution in [0.2, 0.25) is 0 Å². The molecule has 1 atom stereocenters. The Bertz CT molecular complexity index is 814. The van der Waals surface area contributed by atoms with Crippen LogP contribution in [0.1, 0.15) is 36.0 Å². The van der Waals surface area contributed by atoms with Crippen molar-refractivity contribution < 1.29 is 22.3 Å². The van der Waals surface area contributed by atoms with Crippen LogP contribution in [0, 0.1) is 11.2 Å². The second-order valence-corrected chi connectivity index (χ2v) is 9.44. The third-order valence-electron chi connectivity index (χ3n) is 5.77. The maximum atomic E-state index is 14.3. The number of nitrogens with zero attached hydrogens (tertiary/aromatic N) is 2. The van der Waals surface area contributed by atoms with Gasteiger partial charge in [0.05, 0.1) is 6.61 Å². The molecule has 0 saturated carbocycles. The molecule has 3 saturated heterocycles. The van der Waals surface area contributed by atoms with Gasteiger partial charge in [0, 0.05) is 43.8 Å². The summed E-state index contributed by atoms with van der Waals surface area (Å²) in [6, 6.07) is 3.65. The molecule has 0 N–H and O–H groups in total. The van der Waals surface area contributed by atoms with Gasteiger partial charge in [0.15, 0.2) is 0 Å². The fourth-order valence-corrected chi connectivity index (χ4v) is 5.77. The van der Waals surface area contributed by atoms with Gasteiger partial charge in [0.1, 0.15) is 10.7 Å². The number of sulfonamides is 1. The van der Waals surface area contributed by atoms with Crippen molar-refractivity contribution in [2.75, 3.05) is 39.4 Å². The number of carbonyl (C=O) groups is 1. The normalized spacial score (nSPS) is 26.9. The van der Waals surface area contributed by atoms with E-state index in [1.54, 1.807) is 4.90 Å². The van der Waals surface area contributed by atoms with Gasteiger partial charge in [0.2, 0.25) is 10.0 Å². The van der Waals surface area contributed by atoms with Crippen molar-refractivity contribution >= 4 is 15.9 Å². The summed E-state index contributed by atoms with van der Waals surface area (Å²) in [6.07, 6.45) is 3.38. The van der Waals surface area contributed by atoms with Gasteiger partial charge in [-0.1, -0.05) is 0 Å². The standard InChI is InChI=1S/C18H23FN2O4S/c19-15-4-3-14(11-16(15)26(23,24)21-7-1-2-8-21)17(22)20-9-5-18(12-20)6-10-25-13-18/h3-4,11H,1-2,5-10,12-13H2/t18-/m1/s1. The SMILES string of the molecule is O=C(c1ccc(F)c(S(=O)(=O)N2CCCC2)c1)N1CC[C@@]2(CCOC2)C1. The van der Waals surface area contributed by atoms with E-state index in [-0.39, 0.29) is 16.9 Å². The maximum Gasteiger partial charge on any atom is 0.253 e. The molecule has 26 heavy (non-hydrogen) atoms. The second kappa shape index (κ2) is 6.58. The van der Waals surface area contributed by atoms with E-state index in [4.69, 9.17) is 4.74 Å². The first-order valence-electron chi connectivity index (χ1n) is 9.08. The first-order chi connectivity index (χ1) is 12.4. The first-order valence-corrected chi connectivity index (χ1v) is 10.5. The molecule has 0 bridgehead atoms. The van der Waals surface area contributed by atoms with Crippen molar-refractivity contribution in [3.05, 3.63) is 29.6 Å². The number of likely N-dealkylation sites (tertiary alicyclic amines) is 1. The summed E-state index contributed by atoms with van der Waals surface area (Å²) < 4.78 is 46.4. The molecule has 3 aliphatic rings. The Hall–Kier alpha value is -1.51. The average Bonchev–Trinajstić information content (AvgIpc) is 3.38. The van der Waals surface area contributed by atoms with Gasteiger partial charge in [-0.3, -0.25) is 4.79 Å². The quantitative estimate of drug-likeness (QED) is 0.800. The predicted molar refractivity (Wildman–Crippen MR) is 92.8 cm³/mol. The number of rotatable bonds is 3. The molecule has 8 heteroatoms. The molecule has 1 spiro atoms. The fourth-order valence-electron chi connectivity index (χ4n) is 4.16. The highest BCUT2D eigenvalue weighted by atomic mass is 32.2. The van der Waals surface area contributed by atoms with Gasteiger partial charge >= 0.3 is 0 Å². The van der Waals surface area contributed by atoms with Gasteiger partial charge in [-0.2, -0.15) is 4.31 Å². The third kappa shape index (κ3) is 3.04. The number of amides is 1. The Balaban J connectivity index is 1.59. The fraction of sp³-hybridized carbons (Fsp3) is 0.611. The maximum absolute atomic E-state index is 14.3. The molecular weight excluding hydrogens is 359 g/mol. The van der Waals surface area contributed by atoms with E-state index in [9.17, 15) is 17.6 Å². The molecular formula is C18H23FN2O4S. The molecule has 3 heterocycles. The second-order valence-electron chi connectivity index (χ2n) is 7.54. The smallest absolute Gasteiger partial charge is 0.253 e. The summed E-state index contributed by atoms with van der Waals surface area (Å²) in [5.41, 5.74) is 0.250. The van der Waals surface area contributed by atoms with Crippen LogP contribution in [0.25, 0.3) is 0 Å². The Kier molecular flexibility index (Phi) is 4.53. The van der Waals surface area contributed by atoms with Crippen LogP contribution in [-0.2, 0) is 14.8 Å². The van der Waals surface area contributed by atoms with Crippen molar-refractivity contribution in [2.45, 2.75) is 30.6 Å². The summed E-state index contributed by atoms with van der Waals surface area (Å²) in [6.45, 7) is 3.40. The number of benzene rings is 1. The van der Waals surface area contributed by atoms with Crippen LogP contribution in [-0.4, -0.2) is 62.9 Å². The Morgan fingerprint density at radius 1 is 1.15 bits per heavy atom. The van der Waals surface area contributed by atoms with Crippen LogP contribution < -0.4 is 0 Å². The van der Waals surface area contributed by atoms with Crippen LogP contribution >= 0.6 is 0 Å². The van der Waals surface area contributed by atoms with Crippen molar-refractivity contribution in [1.82, 2.24) is 9.21 Å². The first kappa shape index (κ1) is 17.9. The molecule has 4 rings (SSSR count). The topological polar surface area (TPSA) is 66.9 Å². The molecule has 1 aromatic rings. The average molecular weight is 382 g/mol. The molecule has 142 valence electrons. The molecule has 6 nitrogen and oxygen atoms in total. The largest absolute Gasteiger partial charge is 0.381 e. The zero-order valence-electron chi connectivity index (χ0n) is 14.6. The lowest BCUT2D eigenvalue weighted by Gasteiger charge is -2.22. The molecule has 1 amide bonds. The molecule has 0 aromatic heterocycles. The van der Waals surface area contributed by atoms with Crippen LogP contribution in [0.4, 0.5) is 4.39 Å². The highest BCUT2D eigenvalue weighted by molar-refractivity contribution is 7.89. The monoisotopic (exact) mass is 382 g/mol. The minimum absolute atomic E-state index is 0.0279. The molecule has 3 aliphatic heterocycles. The van der Waals surface area contributed by atoms with E-state index in [0.29, 0.717) is 32.8 Å². The minimum Gasteiger partial charge on any atom is -0.381 e. The minimum atomic E-state index is -3.90. The Labute approximate surface area is 153 Å². The molecule has 0 aliphatic carbocycles. The zero-order chi connectivity index (χ0) is 18.4. The zero-order valence-corrected chi connectivity index (χ0v) is 15.4. The van der Waals surface area contributed by atoms with E-state index in [0.717, 1.165) is 38.4 Å². The molecule has 3 fully saturated rings. The van der Waals surface area contributed by atoms with Crippen molar-refractivity contribution in [3.8, 4) is 0 Å². The summed E-state index contributed by atoms with van der Waals surface area (Å²) in [5.74, 6) is -1.05. The highest BCUT2D eigenvalue weighted by Crippen LogP contribution is 2.38. The molecule has 0 radical (unpaired) electrons. The van der Waals surface area contributed by atoms with Gasteiger partial charge < -0.3 is 9.64 Å². The predicted octanol–water partition coefficient (Wildman–Crippen LogP) is 1.86. The summed E-state index contributed by atoms with van der Waals surface area (Å²) in [4.78, 5) is 14.2. The van der Waals surface area contributed by atoms with Crippen LogP contribution in [0.3, 0.4) is 0 Å². The number of halogens is 1. The van der Waals surface area contributed by atoms with E-state index in [1.165, 1.54) is 16.4 Å². The summed E-state index contributed by atoms with van der Waals surface area (Å²) in [7, 11) is -3.90. The summed E-state index contributed by atoms with van der Waals surface area (Å²) >= 11 is 0. The Morgan fingerprint density at radius 2 is 1.92 bits per heavy atom. The lowest BCUT2D eigenvalue weighted by molar-refractivity contribution is 0.0765.